The van der Waals surface area contributed by atoms with Gasteiger partial charge in [0.25, 0.3) is 5.84 Å². The summed E-state index contributed by atoms with van der Waals surface area (Å²) in [5, 5.41) is 6.95. The minimum absolute atomic E-state index is 0.893. The first-order valence-corrected chi connectivity index (χ1v) is 16.5. The highest BCUT2D eigenvalue weighted by Gasteiger charge is 2.26. The molecule has 5 heteroatoms. The molecule has 0 bridgehead atoms. The Morgan fingerprint density at radius 1 is 0.638 bits per heavy atom. The molecule has 9 rings (SSSR count). The third kappa shape index (κ3) is 4.41. The normalized spacial score (nSPS) is 15.9. The minimum Gasteiger partial charge on any atom is -0.455 e. The van der Waals surface area contributed by atoms with E-state index in [-0.39, 0.29) is 0 Å². The number of hydrogen-bond acceptors (Lipinski definition) is 3. The van der Waals surface area contributed by atoms with Gasteiger partial charge in [0, 0.05) is 46.3 Å². The Bertz CT molecular complexity index is 2460. The van der Waals surface area contributed by atoms with E-state index < -0.39 is 0 Å². The molecule has 0 saturated heterocycles. The summed E-state index contributed by atoms with van der Waals surface area (Å²) < 4.78 is 9.19. The van der Waals surface area contributed by atoms with Gasteiger partial charge < -0.3 is 9.64 Å². The molecule has 0 aliphatic carbocycles. The van der Waals surface area contributed by atoms with Crippen LogP contribution < -0.4 is 20.2 Å². The fraction of sp³-hybridized carbons (Fsp3) is 0.167. The Balaban J connectivity index is 1.14. The molecule has 6 aromatic rings. The van der Waals surface area contributed by atoms with E-state index in [9.17, 15) is 0 Å². The molecule has 0 aromatic heterocycles. The molecule has 47 heavy (non-hydrogen) atoms. The molecule has 0 saturated carbocycles. The first-order valence-electron chi connectivity index (χ1n) is 16.5. The van der Waals surface area contributed by atoms with Crippen LogP contribution in [0.15, 0.2) is 119 Å². The number of nitrogens with zero attached hydrogens (tertiary/aromatic N) is 4. The molecule has 0 radical (unpaired) electrons. The summed E-state index contributed by atoms with van der Waals surface area (Å²) in [5.74, 6) is 4.07. The molecule has 0 N–H and O–H groups in total. The minimum atomic E-state index is 0.893. The number of fused-ring (bicyclic) bond motifs is 10. The van der Waals surface area contributed by atoms with Crippen molar-refractivity contribution in [3.05, 3.63) is 136 Å². The number of rotatable bonds is 2. The highest BCUT2D eigenvalue weighted by atomic mass is 16.5. The van der Waals surface area contributed by atoms with E-state index >= 15 is 0 Å². The zero-order valence-electron chi connectivity index (χ0n) is 26.9. The lowest BCUT2D eigenvalue weighted by molar-refractivity contribution is -0.407. The van der Waals surface area contributed by atoms with E-state index in [4.69, 9.17) is 14.7 Å². The van der Waals surface area contributed by atoms with Gasteiger partial charge in [-0.05, 0) is 95.2 Å². The smallest absolute Gasteiger partial charge is 0.299 e. The maximum atomic E-state index is 6.98. The number of ether oxygens (including phenoxy) is 1. The second-order valence-electron chi connectivity index (χ2n) is 12.8. The second kappa shape index (κ2) is 10.8. The highest BCUT2D eigenvalue weighted by molar-refractivity contribution is 6.05. The molecule has 3 heterocycles. The number of aryl methyl sites for hydroxylation is 2. The van der Waals surface area contributed by atoms with E-state index in [0.717, 1.165) is 92.8 Å². The van der Waals surface area contributed by atoms with Crippen molar-refractivity contribution in [1.82, 2.24) is 0 Å². The van der Waals surface area contributed by atoms with Gasteiger partial charge in [0.05, 0.1) is 19.2 Å². The summed E-state index contributed by atoms with van der Waals surface area (Å²) in [6.07, 6.45) is 3.67. The van der Waals surface area contributed by atoms with Crippen LogP contribution in [-0.2, 0) is 12.8 Å². The van der Waals surface area contributed by atoms with Crippen molar-refractivity contribution in [1.29, 1.82) is 0 Å². The molecule has 3 aliphatic rings. The lowest BCUT2D eigenvalue weighted by atomic mass is 9.90. The molecule has 0 unspecified atom stereocenters. The fourth-order valence-electron chi connectivity index (χ4n) is 7.60. The Labute approximate surface area is 274 Å². The number of anilines is 1. The molecule has 5 nitrogen and oxygen atoms in total. The molecule has 3 aliphatic heterocycles. The van der Waals surface area contributed by atoms with E-state index in [2.05, 4.69) is 140 Å². The van der Waals surface area contributed by atoms with Gasteiger partial charge >= 0.3 is 0 Å². The van der Waals surface area contributed by atoms with Crippen molar-refractivity contribution in [2.24, 2.45) is 9.98 Å². The van der Waals surface area contributed by atoms with Crippen molar-refractivity contribution in [3.8, 4) is 11.5 Å². The Kier molecular flexibility index (Phi) is 6.36. The van der Waals surface area contributed by atoms with Gasteiger partial charge in [0.2, 0.25) is 0 Å². The van der Waals surface area contributed by atoms with Gasteiger partial charge in [-0.25, -0.2) is 9.57 Å². The average molecular weight is 612 g/mol. The summed E-state index contributed by atoms with van der Waals surface area (Å²) in [5.41, 5.74) is 8.35. The Hall–Kier alpha value is -5.55. The van der Waals surface area contributed by atoms with Crippen LogP contribution >= 0.6 is 0 Å². The lowest BCUT2D eigenvalue weighted by Crippen LogP contribution is -2.28. The first-order chi connectivity index (χ1) is 23.0. The molecule has 228 valence electrons. The van der Waals surface area contributed by atoms with Gasteiger partial charge in [-0.1, -0.05) is 60.7 Å². The van der Waals surface area contributed by atoms with Crippen molar-refractivity contribution < 1.29 is 9.31 Å². The monoisotopic (exact) mass is 611 g/mol. The summed E-state index contributed by atoms with van der Waals surface area (Å²) >= 11 is 0. The summed E-state index contributed by atoms with van der Waals surface area (Å²) in [4.78, 5) is 12.5. The molecule has 0 amide bonds. The largest absolute Gasteiger partial charge is 0.455 e. The molecule has 0 fully saturated rings. The molecular weight excluding hydrogens is 576 g/mol. The summed E-state index contributed by atoms with van der Waals surface area (Å²) in [6.45, 7) is 2.22. The zero-order valence-corrected chi connectivity index (χ0v) is 26.9. The van der Waals surface area contributed by atoms with E-state index in [0.29, 0.717) is 0 Å². The van der Waals surface area contributed by atoms with Crippen LogP contribution in [0.4, 0.5) is 17.1 Å². The van der Waals surface area contributed by atoms with Crippen LogP contribution in [0.2, 0.25) is 0 Å². The predicted molar refractivity (Wildman–Crippen MR) is 193 cm³/mol. The van der Waals surface area contributed by atoms with Crippen LogP contribution in [0.1, 0.15) is 36.5 Å². The summed E-state index contributed by atoms with van der Waals surface area (Å²) in [7, 11) is 4.22. The zero-order chi connectivity index (χ0) is 31.6. The first kappa shape index (κ1) is 27.7. The standard InChI is InChI=1S/C42H35N4O/c1-26-29-14-16-31-33-20-24-39(45(2)27-10-6-4-7-11-27)43-37(33)22-18-35(31)41(29)47-42-30(26)15-17-32-34-21-25-40(44-38(34)23-19-36(32)42)46(3)28-12-8-5-9-13-28/h4-19,22-23H,20-21,24-25H2,1-3H3/q+1. The SMILES string of the molecule is CC1=c2ccc3c4c(ccc3c2Oc2c1ccc1c3c(ccc21)N=C(N(C)c1ccccc1)CC3)=NC(=[N+](C)c1ccccc1)CC4. The van der Waals surface area contributed by atoms with Crippen LogP contribution in [0.25, 0.3) is 27.1 Å². The van der Waals surface area contributed by atoms with Crippen molar-refractivity contribution in [2.75, 3.05) is 19.0 Å². The molecule has 0 spiro atoms. The topological polar surface area (TPSA) is 40.2 Å². The number of hydrogen-bond donors (Lipinski definition) is 0. The van der Waals surface area contributed by atoms with Gasteiger partial charge in [-0.2, -0.15) is 0 Å². The predicted octanol–water partition coefficient (Wildman–Crippen LogP) is 8.37. The van der Waals surface area contributed by atoms with Crippen LogP contribution in [0.3, 0.4) is 0 Å². The van der Waals surface area contributed by atoms with Gasteiger partial charge in [0.1, 0.15) is 23.0 Å². The maximum Gasteiger partial charge on any atom is 0.299 e. The number of aliphatic imine (C=N–C) groups is 1. The lowest BCUT2D eigenvalue weighted by Gasteiger charge is -2.27. The number of para-hydroxylation sites is 2. The molecule has 6 aromatic carbocycles. The molecular formula is C42H35N4O+. The van der Waals surface area contributed by atoms with E-state index in [1.165, 1.54) is 27.5 Å². The average Bonchev–Trinajstić information content (AvgIpc) is 3.14. The van der Waals surface area contributed by atoms with Crippen molar-refractivity contribution >= 4 is 55.9 Å². The van der Waals surface area contributed by atoms with Crippen molar-refractivity contribution in [3.63, 3.8) is 0 Å². The van der Waals surface area contributed by atoms with Gasteiger partial charge in [-0.15, -0.1) is 0 Å². The van der Waals surface area contributed by atoms with Gasteiger partial charge in [0.15, 0.2) is 5.36 Å². The van der Waals surface area contributed by atoms with Crippen LogP contribution in [-0.4, -0.2) is 30.3 Å². The maximum absolute atomic E-state index is 6.98. The third-order valence-electron chi connectivity index (χ3n) is 10.2. The van der Waals surface area contributed by atoms with Crippen LogP contribution in [0.5, 0.6) is 11.5 Å². The van der Waals surface area contributed by atoms with Crippen LogP contribution in [0, 0.1) is 0 Å². The Morgan fingerprint density at radius 3 is 2.15 bits per heavy atom. The number of benzene rings is 6. The molecule has 0 atom stereocenters. The highest BCUT2D eigenvalue weighted by Crippen LogP contribution is 2.44. The quantitative estimate of drug-likeness (QED) is 0.185. The number of amidine groups is 2. The van der Waals surface area contributed by atoms with E-state index in [1.54, 1.807) is 0 Å². The summed E-state index contributed by atoms with van der Waals surface area (Å²) in [6, 6.07) is 38.7. The Morgan fingerprint density at radius 2 is 1.32 bits per heavy atom. The van der Waals surface area contributed by atoms with Crippen molar-refractivity contribution in [2.45, 2.75) is 32.6 Å². The van der Waals surface area contributed by atoms with E-state index in [1.807, 2.05) is 0 Å². The van der Waals surface area contributed by atoms with Gasteiger partial charge in [-0.3, -0.25) is 0 Å². The second-order valence-corrected chi connectivity index (χ2v) is 12.8. The fourth-order valence-corrected chi connectivity index (χ4v) is 7.60. The third-order valence-corrected chi connectivity index (χ3v) is 10.2.